The van der Waals surface area contributed by atoms with Crippen LogP contribution in [-0.2, 0) is 89.5 Å². The molecule has 2 heterocycles. The summed E-state index contributed by atoms with van der Waals surface area (Å²) in [5, 5.41) is 19.6. The second-order valence-electron chi connectivity index (χ2n) is 15.2. The monoisotopic (exact) mass is 1080 g/mol. The van der Waals surface area contributed by atoms with Crippen LogP contribution in [0.3, 0.4) is 0 Å². The molecule has 2 fully saturated rings. The van der Waals surface area contributed by atoms with Crippen molar-refractivity contribution in [2.75, 3.05) is 52.4 Å². The van der Waals surface area contributed by atoms with Crippen molar-refractivity contribution < 1.29 is 89.5 Å². The second kappa shape index (κ2) is 29.8. The van der Waals surface area contributed by atoms with E-state index in [2.05, 4.69) is 116 Å². The number of guanidine groups is 2. The van der Waals surface area contributed by atoms with Crippen molar-refractivity contribution in [2.24, 2.45) is 0 Å². The van der Waals surface area contributed by atoms with E-state index in [1.807, 2.05) is 9.80 Å². The normalized spacial score (nSPS) is 14.2. The summed E-state index contributed by atoms with van der Waals surface area (Å²) < 4.78 is 9.64. The van der Waals surface area contributed by atoms with E-state index < -0.39 is 32.9 Å². The molecule has 0 N–H and O–H groups in total. The summed E-state index contributed by atoms with van der Waals surface area (Å²) in [5.74, 6) is 0.940. The molecule has 8 nitrogen and oxygen atoms in total. The molecule has 0 unspecified atom stereocenters. The Kier molecular flexibility index (Phi) is 39.1. The van der Waals surface area contributed by atoms with Crippen LogP contribution >= 0.6 is 0 Å². The molecule has 292 valence electrons. The minimum Gasteiger partial charge on any atom is -0.668 e. The molecule has 2 aliphatic rings. The zero-order valence-corrected chi connectivity index (χ0v) is 42.2. The smallest absolute Gasteiger partial charge is 0.668 e. The third kappa shape index (κ3) is 34.7. The summed E-state index contributed by atoms with van der Waals surface area (Å²) in [4.78, 5) is 8.11. The molecule has 0 aromatic heterocycles. The van der Waals surface area contributed by atoms with Gasteiger partial charge in [0.25, 0.3) is 0 Å². The fourth-order valence-electron chi connectivity index (χ4n) is 5.26. The third-order valence-corrected chi connectivity index (χ3v) is 16.9. The maximum absolute atomic E-state index is 9.78. The molecular weight excluding hydrogens is 1020 g/mol. The van der Waals surface area contributed by atoms with Crippen molar-refractivity contribution >= 4 is 44.9 Å². The Labute approximate surface area is 354 Å². The molecule has 0 aromatic carbocycles. The minimum absolute atomic E-state index is 0. The SMILES string of the molecule is CCN(CC)C(=[N-])N1CCCC1.CCN(CC)C(=[N-])N1CCCC1.C[Si](C)(C)[N-][Si](C)(C)C.C[Si](C)(C)[N-][Si](C)(C)C.[Ag+].[Ag+].[Ag+].[Ag+]. The van der Waals surface area contributed by atoms with Gasteiger partial charge in [0.15, 0.2) is 0 Å². The van der Waals surface area contributed by atoms with Gasteiger partial charge in [0.1, 0.15) is 0 Å². The first-order valence-electron chi connectivity index (χ1n) is 16.6. The predicted molar refractivity (Wildman–Crippen MR) is 204 cm³/mol. The maximum Gasteiger partial charge on any atom is 1.00 e. The fourth-order valence-corrected chi connectivity index (χ4v) is 21.4. The molecular formula is C30H72Ag4N8Si4. The molecule has 46 heavy (non-hydrogen) atoms. The summed E-state index contributed by atoms with van der Waals surface area (Å²) in [6, 6.07) is 0. The molecule has 0 radical (unpaired) electrons. The summed E-state index contributed by atoms with van der Waals surface area (Å²) in [5.41, 5.74) is 0. The Morgan fingerprint density at radius 2 is 0.630 bits per heavy atom. The first kappa shape index (κ1) is 60.4. The Morgan fingerprint density at radius 3 is 0.739 bits per heavy atom. The van der Waals surface area contributed by atoms with Gasteiger partial charge in [-0.1, -0.05) is 139 Å². The molecule has 0 spiro atoms. The van der Waals surface area contributed by atoms with Gasteiger partial charge in [-0.2, -0.15) is 0 Å². The molecule has 16 heteroatoms. The van der Waals surface area contributed by atoms with Crippen molar-refractivity contribution in [3.05, 3.63) is 20.1 Å². The van der Waals surface area contributed by atoms with E-state index in [4.69, 9.17) is 9.30 Å². The van der Waals surface area contributed by atoms with Crippen LogP contribution in [0.25, 0.3) is 20.1 Å². The molecule has 0 atom stereocenters. The Morgan fingerprint density at radius 1 is 0.457 bits per heavy atom. The van der Waals surface area contributed by atoms with Crippen molar-refractivity contribution in [2.45, 2.75) is 132 Å². The molecule has 0 aromatic rings. The van der Waals surface area contributed by atoms with Crippen LogP contribution in [0.15, 0.2) is 0 Å². The zero-order valence-electron chi connectivity index (χ0n) is 32.3. The van der Waals surface area contributed by atoms with Crippen LogP contribution in [0.4, 0.5) is 0 Å². The first-order valence-corrected chi connectivity index (χ1v) is 30.4. The summed E-state index contributed by atoms with van der Waals surface area (Å²) in [6.45, 7) is 43.4. The van der Waals surface area contributed by atoms with E-state index in [0.717, 1.165) is 52.4 Å². The summed E-state index contributed by atoms with van der Waals surface area (Å²) in [7, 11) is -4.42. The number of hydrogen-bond acceptors (Lipinski definition) is 0. The van der Waals surface area contributed by atoms with E-state index in [1.54, 1.807) is 0 Å². The minimum atomic E-state index is -1.11. The number of rotatable bonds is 8. The fraction of sp³-hybridized carbons (Fsp3) is 0.933. The van der Waals surface area contributed by atoms with Crippen molar-refractivity contribution in [3.63, 3.8) is 0 Å². The van der Waals surface area contributed by atoms with E-state index in [9.17, 15) is 10.8 Å². The van der Waals surface area contributed by atoms with Crippen LogP contribution in [0, 0.1) is 0 Å². The standard InChI is InChI=1S/2C9H18N3.2C6H18NSi2.4Ag/c2*1-3-11(4-2)9(10)12-7-5-6-8-12;2*1-8(2,3)7-9(4,5)6;;;;/h2*3-8H2,1-2H3;2*1-6H3;;;;/q4*-1;4*+1. The predicted octanol–water partition coefficient (Wildman–Crippen LogP) is 8.75. The van der Waals surface area contributed by atoms with E-state index >= 15 is 0 Å². The molecule has 2 aliphatic heterocycles. The maximum atomic E-state index is 9.78. The Hall–Kier alpha value is 2.29. The topological polar surface area (TPSA) is 85.8 Å². The molecule has 0 saturated carbocycles. The van der Waals surface area contributed by atoms with E-state index in [-0.39, 0.29) is 89.5 Å². The number of nitrogens with zero attached hydrogens (tertiary/aromatic N) is 8. The van der Waals surface area contributed by atoms with Gasteiger partial charge in [0.2, 0.25) is 0 Å². The van der Waals surface area contributed by atoms with Crippen LogP contribution in [0.1, 0.15) is 53.4 Å². The number of likely N-dealkylation sites (tertiary alicyclic amines) is 2. The van der Waals surface area contributed by atoms with Gasteiger partial charge in [0, 0.05) is 11.9 Å². The van der Waals surface area contributed by atoms with Crippen molar-refractivity contribution in [3.8, 4) is 0 Å². The van der Waals surface area contributed by atoms with Crippen LogP contribution in [0.2, 0.25) is 78.6 Å². The molecule has 0 bridgehead atoms. The quantitative estimate of drug-likeness (QED) is 0.138. The van der Waals surface area contributed by atoms with E-state index in [1.165, 1.54) is 25.7 Å². The van der Waals surface area contributed by atoms with Crippen LogP contribution < -0.4 is 0 Å². The van der Waals surface area contributed by atoms with Crippen molar-refractivity contribution in [1.82, 2.24) is 19.6 Å². The first-order chi connectivity index (χ1) is 19.0. The number of hydrogen-bond donors (Lipinski definition) is 0. The van der Waals surface area contributed by atoms with Crippen LogP contribution in [0.5, 0.6) is 0 Å². The third-order valence-electron chi connectivity index (χ3n) is 6.21. The van der Waals surface area contributed by atoms with Gasteiger partial charge >= 0.3 is 89.5 Å². The molecule has 0 aliphatic carbocycles. The largest absolute Gasteiger partial charge is 1.00 e. The van der Waals surface area contributed by atoms with Gasteiger partial charge in [0.05, 0.1) is 0 Å². The second-order valence-corrected chi connectivity index (χ2v) is 34.4. The molecule has 2 rings (SSSR count). The molecule has 0 amide bonds. The summed E-state index contributed by atoms with van der Waals surface area (Å²) in [6.07, 6.45) is 4.85. The average molecular weight is 1090 g/mol. The van der Waals surface area contributed by atoms with Gasteiger partial charge in [-0.25, -0.2) is 0 Å². The summed E-state index contributed by atoms with van der Waals surface area (Å²) >= 11 is 0. The zero-order chi connectivity index (χ0) is 33.4. The van der Waals surface area contributed by atoms with Crippen molar-refractivity contribution in [1.29, 1.82) is 0 Å². The van der Waals surface area contributed by atoms with Gasteiger partial charge < -0.3 is 39.7 Å². The van der Waals surface area contributed by atoms with Gasteiger partial charge in [-0.15, -0.1) is 0 Å². The average Bonchev–Trinajstić information content (AvgIpc) is 3.52. The van der Waals surface area contributed by atoms with E-state index in [0.29, 0.717) is 11.9 Å². The Bertz CT molecular complexity index is 645. The Balaban J connectivity index is -0.000000114. The van der Waals surface area contributed by atoms with Crippen LogP contribution in [-0.4, -0.2) is 117 Å². The van der Waals surface area contributed by atoms with Gasteiger partial charge in [-0.05, 0) is 78.0 Å². The molecule has 2 saturated heterocycles. The van der Waals surface area contributed by atoms with Gasteiger partial charge in [-0.3, -0.25) is 0 Å².